The third-order valence-electron chi connectivity index (χ3n) is 8.47. The largest absolute Gasteiger partial charge is 0.379 e. The van der Waals surface area contributed by atoms with Crippen LogP contribution < -0.4 is 5.32 Å². The predicted octanol–water partition coefficient (Wildman–Crippen LogP) is 7.93. The van der Waals surface area contributed by atoms with Crippen LogP contribution in [0.15, 0.2) is 59.4 Å². The fourth-order valence-electron chi connectivity index (χ4n) is 5.98. The van der Waals surface area contributed by atoms with E-state index in [1.165, 1.54) is 20.9 Å². The number of anilines is 2. The van der Waals surface area contributed by atoms with Crippen molar-refractivity contribution in [1.29, 1.82) is 5.26 Å². The Bertz CT molecular complexity index is 1840. The van der Waals surface area contributed by atoms with E-state index in [1.54, 1.807) is 28.9 Å². The topological polar surface area (TPSA) is 73.7 Å². The Morgan fingerprint density at radius 2 is 1.44 bits per heavy atom. The summed E-state index contributed by atoms with van der Waals surface area (Å²) in [6.07, 6.45) is 1.64. The molecule has 7 rings (SSSR count). The number of nitriles is 1. The fraction of sp³-hybridized carbons (Fsp3) is 0.314. The van der Waals surface area contributed by atoms with Gasteiger partial charge in [0.15, 0.2) is 0 Å². The van der Waals surface area contributed by atoms with Crippen LogP contribution in [0.3, 0.4) is 0 Å². The molecule has 0 radical (unpaired) electrons. The summed E-state index contributed by atoms with van der Waals surface area (Å²) < 4.78 is 11.0. The van der Waals surface area contributed by atoms with Gasteiger partial charge >= 0.3 is 0 Å². The van der Waals surface area contributed by atoms with E-state index in [1.807, 2.05) is 6.07 Å². The summed E-state index contributed by atoms with van der Waals surface area (Å²) in [5.74, 6) is 0. The van der Waals surface area contributed by atoms with E-state index in [-0.39, 0.29) is 0 Å². The van der Waals surface area contributed by atoms with Gasteiger partial charge in [-0.05, 0) is 75.8 Å². The first-order valence-corrected chi connectivity index (χ1v) is 17.3. The van der Waals surface area contributed by atoms with E-state index in [0.29, 0.717) is 16.3 Å². The molecule has 1 N–H and O–H groups in total. The Hall–Kier alpha value is -3.33. The Kier molecular flexibility index (Phi) is 9.15. The lowest BCUT2D eigenvalue weighted by atomic mass is 10.0. The zero-order chi connectivity index (χ0) is 30.8. The molecule has 45 heavy (non-hydrogen) atoms. The lowest BCUT2D eigenvalue weighted by molar-refractivity contribution is 0.0346. The number of ether oxygens (including phenoxy) is 2. The van der Waals surface area contributed by atoms with Crippen LogP contribution >= 0.6 is 34.3 Å². The molecular weight excluding hydrogens is 622 g/mol. The SMILES string of the molecule is Cc1cc(-c2csc(CN3CCOCC3)c2)cc(Cl)c1Nc1c(C#N)cnc2cc(-c3csc(CN4CCOCC4)c3)ccc12. The summed E-state index contributed by atoms with van der Waals surface area (Å²) in [5, 5.41) is 19.4. The van der Waals surface area contributed by atoms with Crippen LogP contribution in [0.1, 0.15) is 20.9 Å². The second kappa shape index (κ2) is 13.6. The number of aromatic nitrogens is 1. The van der Waals surface area contributed by atoms with Crippen molar-refractivity contribution in [3.8, 4) is 28.3 Å². The molecule has 2 saturated heterocycles. The van der Waals surface area contributed by atoms with Crippen molar-refractivity contribution in [2.24, 2.45) is 0 Å². The third-order valence-corrected chi connectivity index (χ3v) is 10.6. The molecule has 230 valence electrons. The molecule has 0 spiro atoms. The van der Waals surface area contributed by atoms with Crippen molar-refractivity contribution in [3.05, 3.63) is 85.3 Å². The molecule has 5 aromatic rings. The van der Waals surface area contributed by atoms with Gasteiger partial charge in [0.25, 0.3) is 0 Å². The van der Waals surface area contributed by atoms with E-state index >= 15 is 0 Å². The second-order valence-electron chi connectivity index (χ2n) is 11.5. The molecule has 0 amide bonds. The zero-order valence-corrected chi connectivity index (χ0v) is 27.5. The van der Waals surface area contributed by atoms with E-state index in [0.717, 1.165) is 99.0 Å². The van der Waals surface area contributed by atoms with Crippen molar-refractivity contribution < 1.29 is 9.47 Å². The number of fused-ring (bicyclic) bond motifs is 1. The average molecular weight is 656 g/mol. The molecule has 10 heteroatoms. The van der Waals surface area contributed by atoms with E-state index < -0.39 is 0 Å². The Balaban J connectivity index is 1.13. The Morgan fingerprint density at radius 3 is 2.04 bits per heavy atom. The van der Waals surface area contributed by atoms with Crippen LogP contribution in [-0.2, 0) is 22.6 Å². The number of pyridine rings is 1. The van der Waals surface area contributed by atoms with Gasteiger partial charge in [0, 0.05) is 60.6 Å². The molecule has 2 fully saturated rings. The molecule has 2 aliphatic rings. The summed E-state index contributed by atoms with van der Waals surface area (Å²) in [6, 6.07) is 17.3. The summed E-state index contributed by atoms with van der Waals surface area (Å²) in [4.78, 5) is 12.2. The van der Waals surface area contributed by atoms with E-state index in [4.69, 9.17) is 21.1 Å². The van der Waals surface area contributed by atoms with Gasteiger partial charge in [-0.2, -0.15) is 5.26 Å². The van der Waals surface area contributed by atoms with Crippen LogP contribution in [-0.4, -0.2) is 67.4 Å². The number of hydrogen-bond donors (Lipinski definition) is 1. The first kappa shape index (κ1) is 30.3. The number of hydrogen-bond acceptors (Lipinski definition) is 9. The molecule has 0 bridgehead atoms. The van der Waals surface area contributed by atoms with Gasteiger partial charge in [-0.3, -0.25) is 14.8 Å². The summed E-state index contributed by atoms with van der Waals surface area (Å²) in [5.41, 5.74) is 8.36. The van der Waals surface area contributed by atoms with Gasteiger partial charge in [-0.15, -0.1) is 22.7 Å². The van der Waals surface area contributed by atoms with Crippen molar-refractivity contribution in [1.82, 2.24) is 14.8 Å². The van der Waals surface area contributed by atoms with Gasteiger partial charge in [0.2, 0.25) is 0 Å². The van der Waals surface area contributed by atoms with Crippen molar-refractivity contribution in [3.63, 3.8) is 0 Å². The molecule has 2 aromatic carbocycles. The molecule has 2 aliphatic heterocycles. The second-order valence-corrected chi connectivity index (χ2v) is 13.9. The minimum atomic E-state index is 0.476. The van der Waals surface area contributed by atoms with Gasteiger partial charge in [-0.25, -0.2) is 0 Å². The van der Waals surface area contributed by atoms with Gasteiger partial charge < -0.3 is 14.8 Å². The zero-order valence-electron chi connectivity index (χ0n) is 25.1. The van der Waals surface area contributed by atoms with Gasteiger partial charge in [0.1, 0.15) is 6.07 Å². The molecular formula is C35H34ClN5O2S2. The third kappa shape index (κ3) is 6.79. The summed E-state index contributed by atoms with van der Waals surface area (Å²) >= 11 is 10.5. The quantitative estimate of drug-likeness (QED) is 0.182. The molecule has 5 heterocycles. The number of nitrogens with zero attached hydrogens (tertiary/aromatic N) is 4. The maximum Gasteiger partial charge on any atom is 0.103 e. The highest BCUT2D eigenvalue weighted by atomic mass is 35.5. The van der Waals surface area contributed by atoms with Crippen molar-refractivity contribution >= 4 is 56.6 Å². The normalized spacial score (nSPS) is 16.2. The molecule has 0 atom stereocenters. The van der Waals surface area contributed by atoms with Crippen molar-refractivity contribution in [2.75, 3.05) is 57.9 Å². The summed E-state index contributed by atoms with van der Waals surface area (Å²) in [6.45, 7) is 11.0. The maximum absolute atomic E-state index is 9.99. The number of morpholine rings is 2. The van der Waals surface area contributed by atoms with Gasteiger partial charge in [-0.1, -0.05) is 23.7 Å². The number of benzene rings is 2. The van der Waals surface area contributed by atoms with Crippen LogP contribution in [0.4, 0.5) is 11.4 Å². The fourth-order valence-corrected chi connectivity index (χ4v) is 8.16. The number of halogens is 1. The molecule has 3 aromatic heterocycles. The van der Waals surface area contributed by atoms with E-state index in [2.05, 4.69) is 80.3 Å². The molecule has 7 nitrogen and oxygen atoms in total. The number of aryl methyl sites for hydroxylation is 1. The minimum Gasteiger partial charge on any atom is -0.379 e. The number of nitrogens with one attached hydrogen (secondary N) is 1. The molecule has 0 aliphatic carbocycles. The van der Waals surface area contributed by atoms with Crippen LogP contribution in [0.25, 0.3) is 33.2 Å². The first-order valence-electron chi connectivity index (χ1n) is 15.2. The van der Waals surface area contributed by atoms with Crippen molar-refractivity contribution in [2.45, 2.75) is 20.0 Å². The maximum atomic E-state index is 9.99. The van der Waals surface area contributed by atoms with Crippen LogP contribution in [0.2, 0.25) is 5.02 Å². The molecule has 0 unspecified atom stereocenters. The highest BCUT2D eigenvalue weighted by Gasteiger charge is 2.17. The number of rotatable bonds is 8. The monoisotopic (exact) mass is 655 g/mol. The Morgan fingerprint density at radius 1 is 0.822 bits per heavy atom. The number of thiophene rings is 2. The lowest BCUT2D eigenvalue weighted by Gasteiger charge is -2.25. The first-order chi connectivity index (χ1) is 22.0. The van der Waals surface area contributed by atoms with Crippen LogP contribution in [0, 0.1) is 18.3 Å². The minimum absolute atomic E-state index is 0.476. The summed E-state index contributed by atoms with van der Waals surface area (Å²) in [7, 11) is 0. The highest BCUT2D eigenvalue weighted by molar-refractivity contribution is 7.10. The molecule has 0 saturated carbocycles. The van der Waals surface area contributed by atoms with Gasteiger partial charge in [0.05, 0.1) is 53.9 Å². The highest BCUT2D eigenvalue weighted by Crippen LogP contribution is 2.39. The Labute approximate surface area is 276 Å². The smallest absolute Gasteiger partial charge is 0.103 e. The lowest BCUT2D eigenvalue weighted by Crippen LogP contribution is -2.35. The standard InChI is InChI=1S/C35H34ClN5O2S2/c1-23-12-25(27-14-30(45-22-27)20-41-6-10-43-11-7-41)15-32(36)34(23)39-35-28(17-37)18-38-33-16-24(2-3-31(33)35)26-13-29(44-21-26)19-40-4-8-42-9-5-40/h2-3,12-16,18,21-22H,4-11,19-20H2,1H3,(H,38,39). The van der Waals surface area contributed by atoms with Crippen LogP contribution in [0.5, 0.6) is 0 Å². The average Bonchev–Trinajstić information content (AvgIpc) is 3.73. The predicted molar refractivity (Wildman–Crippen MR) is 185 cm³/mol. The van der Waals surface area contributed by atoms with E-state index in [9.17, 15) is 5.26 Å².